The molecular weight excluding hydrogens is 172 g/mol. The summed E-state index contributed by atoms with van der Waals surface area (Å²) in [4.78, 5) is 4.05. The number of ether oxygens (including phenoxy) is 1. The Morgan fingerprint density at radius 2 is 2.75 bits per heavy atom. The van der Waals surface area contributed by atoms with Crippen LogP contribution in [0.5, 0.6) is 5.19 Å². The Labute approximate surface area is 75.8 Å². The lowest BCUT2D eigenvalue weighted by Crippen LogP contribution is -2.28. The molecule has 3 nitrogen and oxygen atoms in total. The summed E-state index contributed by atoms with van der Waals surface area (Å²) in [5.41, 5.74) is 0. The molecule has 1 atom stereocenters. The molecule has 1 aromatic rings. The molecule has 2 rings (SSSR count). The highest BCUT2D eigenvalue weighted by molar-refractivity contribution is 7.11. The van der Waals surface area contributed by atoms with E-state index in [1.165, 1.54) is 12.8 Å². The van der Waals surface area contributed by atoms with Crippen molar-refractivity contribution >= 4 is 11.3 Å². The fraction of sp³-hybridized carbons (Fsp3) is 0.625. The van der Waals surface area contributed by atoms with E-state index in [2.05, 4.69) is 10.3 Å². The van der Waals surface area contributed by atoms with Crippen molar-refractivity contribution in [3.63, 3.8) is 0 Å². The first-order chi connectivity index (χ1) is 5.95. The molecule has 1 aromatic heterocycles. The van der Waals surface area contributed by atoms with Crippen molar-refractivity contribution in [1.29, 1.82) is 0 Å². The number of rotatable bonds is 3. The standard InChI is InChI=1S/C8H12N2OS/c1-2-7(9-3-1)6-11-8-10-4-5-12-8/h4-5,7,9H,1-3,6H2. The maximum Gasteiger partial charge on any atom is 0.273 e. The van der Waals surface area contributed by atoms with Crippen LogP contribution in [0, 0.1) is 0 Å². The summed E-state index contributed by atoms with van der Waals surface area (Å²) in [6.07, 6.45) is 4.26. The molecule has 0 aromatic carbocycles. The minimum atomic E-state index is 0.536. The summed E-state index contributed by atoms with van der Waals surface area (Å²) < 4.78 is 5.47. The Kier molecular flexibility index (Phi) is 2.58. The average Bonchev–Trinajstić information content (AvgIpc) is 2.74. The molecule has 0 saturated carbocycles. The van der Waals surface area contributed by atoms with Gasteiger partial charge in [-0.3, -0.25) is 0 Å². The third-order valence-electron chi connectivity index (χ3n) is 1.98. The van der Waals surface area contributed by atoms with Crippen molar-refractivity contribution in [3.8, 4) is 5.19 Å². The smallest absolute Gasteiger partial charge is 0.273 e. The zero-order valence-corrected chi connectivity index (χ0v) is 7.64. The van der Waals surface area contributed by atoms with Gasteiger partial charge in [0.25, 0.3) is 5.19 Å². The van der Waals surface area contributed by atoms with Crippen LogP contribution in [0.2, 0.25) is 0 Å². The van der Waals surface area contributed by atoms with Crippen LogP contribution in [0.25, 0.3) is 0 Å². The lowest BCUT2D eigenvalue weighted by molar-refractivity contribution is 0.276. The van der Waals surface area contributed by atoms with E-state index in [1.807, 2.05) is 5.38 Å². The largest absolute Gasteiger partial charge is 0.468 e. The topological polar surface area (TPSA) is 34.1 Å². The second-order valence-corrected chi connectivity index (χ2v) is 3.76. The van der Waals surface area contributed by atoms with Gasteiger partial charge >= 0.3 is 0 Å². The zero-order valence-electron chi connectivity index (χ0n) is 6.82. The van der Waals surface area contributed by atoms with Crippen LogP contribution in [-0.2, 0) is 0 Å². The van der Waals surface area contributed by atoms with E-state index in [4.69, 9.17) is 4.74 Å². The van der Waals surface area contributed by atoms with E-state index in [0.29, 0.717) is 6.04 Å². The minimum Gasteiger partial charge on any atom is -0.468 e. The third-order valence-corrected chi connectivity index (χ3v) is 2.66. The van der Waals surface area contributed by atoms with Gasteiger partial charge in [0.1, 0.15) is 6.61 Å². The summed E-state index contributed by atoms with van der Waals surface area (Å²) >= 11 is 1.55. The highest BCUT2D eigenvalue weighted by Crippen LogP contribution is 2.14. The number of aromatic nitrogens is 1. The summed E-state index contributed by atoms with van der Waals surface area (Å²) in [7, 11) is 0. The van der Waals surface area contributed by atoms with Crippen molar-refractivity contribution in [3.05, 3.63) is 11.6 Å². The second-order valence-electron chi connectivity index (χ2n) is 2.90. The van der Waals surface area contributed by atoms with Gasteiger partial charge in [-0.2, -0.15) is 0 Å². The van der Waals surface area contributed by atoms with E-state index in [1.54, 1.807) is 17.5 Å². The summed E-state index contributed by atoms with van der Waals surface area (Å²) in [5.74, 6) is 0. The van der Waals surface area contributed by atoms with Crippen molar-refractivity contribution in [2.45, 2.75) is 18.9 Å². The molecule has 0 aliphatic carbocycles. The second kappa shape index (κ2) is 3.87. The highest BCUT2D eigenvalue weighted by atomic mass is 32.1. The van der Waals surface area contributed by atoms with Crippen LogP contribution in [0.4, 0.5) is 0 Å². The lowest BCUT2D eigenvalue weighted by Gasteiger charge is -2.08. The molecule has 0 spiro atoms. The molecule has 2 heterocycles. The van der Waals surface area contributed by atoms with E-state index < -0.39 is 0 Å². The van der Waals surface area contributed by atoms with Crippen LogP contribution in [0.1, 0.15) is 12.8 Å². The molecule has 1 aliphatic rings. The van der Waals surface area contributed by atoms with Crippen LogP contribution in [0.3, 0.4) is 0 Å². The van der Waals surface area contributed by atoms with Gasteiger partial charge in [-0.15, -0.1) is 0 Å². The Hall–Kier alpha value is -0.610. The normalized spacial score (nSPS) is 22.8. The molecule has 1 saturated heterocycles. The Morgan fingerprint density at radius 1 is 1.75 bits per heavy atom. The summed E-state index contributed by atoms with van der Waals surface area (Å²) in [6, 6.07) is 0.536. The molecule has 66 valence electrons. The van der Waals surface area contributed by atoms with Crippen LogP contribution < -0.4 is 10.1 Å². The number of nitrogens with zero attached hydrogens (tertiary/aromatic N) is 1. The van der Waals surface area contributed by atoms with Gasteiger partial charge in [-0.1, -0.05) is 11.3 Å². The predicted octanol–water partition coefficient (Wildman–Crippen LogP) is 1.27. The fourth-order valence-electron chi connectivity index (χ4n) is 1.35. The van der Waals surface area contributed by atoms with Crippen molar-refractivity contribution in [1.82, 2.24) is 10.3 Å². The molecule has 0 amide bonds. The van der Waals surface area contributed by atoms with E-state index >= 15 is 0 Å². The van der Waals surface area contributed by atoms with Gasteiger partial charge < -0.3 is 10.1 Å². The first kappa shape index (κ1) is 8.01. The van der Waals surface area contributed by atoms with Gasteiger partial charge in [-0.05, 0) is 19.4 Å². The number of nitrogens with one attached hydrogen (secondary N) is 1. The molecule has 1 aliphatic heterocycles. The lowest BCUT2D eigenvalue weighted by atomic mass is 10.2. The third kappa shape index (κ3) is 1.95. The van der Waals surface area contributed by atoms with Gasteiger partial charge in [0.05, 0.1) is 0 Å². The molecule has 0 bridgehead atoms. The molecule has 1 fully saturated rings. The van der Waals surface area contributed by atoms with Gasteiger partial charge in [-0.25, -0.2) is 4.98 Å². The highest BCUT2D eigenvalue weighted by Gasteiger charge is 2.14. The average molecular weight is 184 g/mol. The Balaban J connectivity index is 1.74. The van der Waals surface area contributed by atoms with Crippen molar-refractivity contribution in [2.75, 3.05) is 13.2 Å². The first-order valence-electron chi connectivity index (χ1n) is 4.21. The molecule has 12 heavy (non-hydrogen) atoms. The maximum absolute atomic E-state index is 5.47. The SMILES string of the molecule is c1csc(OCC2CCCN2)n1. The van der Waals surface area contributed by atoms with Crippen LogP contribution >= 0.6 is 11.3 Å². The number of hydrogen-bond acceptors (Lipinski definition) is 4. The Morgan fingerprint density at radius 3 is 3.42 bits per heavy atom. The number of hydrogen-bond donors (Lipinski definition) is 1. The van der Waals surface area contributed by atoms with Crippen LogP contribution in [-0.4, -0.2) is 24.2 Å². The van der Waals surface area contributed by atoms with E-state index in [-0.39, 0.29) is 0 Å². The first-order valence-corrected chi connectivity index (χ1v) is 5.09. The zero-order chi connectivity index (χ0) is 8.23. The molecular formula is C8H12N2OS. The van der Waals surface area contributed by atoms with Crippen LogP contribution in [0.15, 0.2) is 11.6 Å². The van der Waals surface area contributed by atoms with E-state index in [0.717, 1.165) is 18.3 Å². The minimum absolute atomic E-state index is 0.536. The fourth-order valence-corrected chi connectivity index (χ4v) is 1.85. The number of thiazole rings is 1. The van der Waals surface area contributed by atoms with Gasteiger partial charge in [0.2, 0.25) is 0 Å². The van der Waals surface area contributed by atoms with Crippen molar-refractivity contribution in [2.24, 2.45) is 0 Å². The molecule has 1 N–H and O–H groups in total. The molecule has 1 unspecified atom stereocenters. The van der Waals surface area contributed by atoms with Gasteiger partial charge in [0.15, 0.2) is 0 Å². The Bertz CT molecular complexity index is 219. The molecule has 4 heteroatoms. The maximum atomic E-state index is 5.47. The van der Waals surface area contributed by atoms with Crippen molar-refractivity contribution < 1.29 is 4.74 Å². The summed E-state index contributed by atoms with van der Waals surface area (Å²) in [5, 5.41) is 6.08. The predicted molar refractivity (Wildman–Crippen MR) is 48.6 cm³/mol. The quantitative estimate of drug-likeness (QED) is 0.768. The van der Waals surface area contributed by atoms with Gasteiger partial charge in [0, 0.05) is 17.6 Å². The molecule has 0 radical (unpaired) electrons. The van der Waals surface area contributed by atoms with E-state index in [9.17, 15) is 0 Å². The monoisotopic (exact) mass is 184 g/mol. The summed E-state index contributed by atoms with van der Waals surface area (Å²) in [6.45, 7) is 1.89.